The van der Waals surface area contributed by atoms with Crippen LogP contribution in [0.15, 0.2) is 73.2 Å². The highest BCUT2D eigenvalue weighted by Crippen LogP contribution is 2.25. The highest BCUT2D eigenvalue weighted by molar-refractivity contribution is 5.95. The molecular formula is C28H29ClFN7O3. The molecule has 4 aromatic rings. The van der Waals surface area contributed by atoms with Crippen molar-refractivity contribution in [2.24, 2.45) is 0 Å². The van der Waals surface area contributed by atoms with Crippen LogP contribution in [-0.2, 0) is 16.1 Å². The number of nitrogen functional groups attached to an aromatic ring is 1. The van der Waals surface area contributed by atoms with Gasteiger partial charge in [0.15, 0.2) is 11.5 Å². The highest BCUT2D eigenvalue weighted by atomic mass is 35.5. The molecule has 1 atom stereocenters. The summed E-state index contributed by atoms with van der Waals surface area (Å²) < 4.78 is 20.8. The second-order valence-corrected chi connectivity index (χ2v) is 9.22. The minimum Gasteiger partial charge on any atom is -0.442 e. The quantitative estimate of drug-likeness (QED) is 0.275. The summed E-state index contributed by atoms with van der Waals surface area (Å²) in [4.78, 5) is 34.9. The molecule has 12 heteroatoms. The number of carbonyl (C=O) groups is 2. The van der Waals surface area contributed by atoms with Crippen molar-refractivity contribution in [3.05, 3.63) is 95.8 Å². The number of rotatable bonds is 8. The van der Waals surface area contributed by atoms with Crippen molar-refractivity contribution in [3.8, 4) is 11.3 Å². The molecule has 1 saturated heterocycles. The molecule has 10 nitrogen and oxygen atoms in total. The van der Waals surface area contributed by atoms with Gasteiger partial charge in [0.2, 0.25) is 6.10 Å². The molecule has 0 spiro atoms. The maximum absolute atomic E-state index is 13.2. The Labute approximate surface area is 236 Å². The molecule has 1 fully saturated rings. The maximum Gasteiger partial charge on any atom is 0.361 e. The number of anilines is 1. The topological polar surface area (TPSA) is 137 Å². The molecule has 0 bridgehead atoms. The number of nitrogens with zero attached hydrogens (tertiary/aromatic N) is 4. The number of hydrogen-bond donors (Lipinski definition) is 3. The molecule has 3 heterocycles. The fourth-order valence-corrected chi connectivity index (χ4v) is 4.38. The minimum absolute atomic E-state index is 0. The second-order valence-electron chi connectivity index (χ2n) is 9.22. The van der Waals surface area contributed by atoms with Crippen molar-refractivity contribution in [2.75, 3.05) is 18.8 Å². The molecule has 5 rings (SSSR count). The van der Waals surface area contributed by atoms with E-state index in [1.165, 1.54) is 18.3 Å². The predicted octanol–water partition coefficient (Wildman–Crippen LogP) is 3.62. The van der Waals surface area contributed by atoms with Crippen LogP contribution in [0.1, 0.15) is 46.6 Å². The Hall–Kier alpha value is -4.35. The van der Waals surface area contributed by atoms with Gasteiger partial charge in [-0.1, -0.05) is 42.5 Å². The first kappa shape index (κ1) is 28.7. The first-order chi connectivity index (χ1) is 19.0. The number of hydrogen-bond acceptors (Lipinski definition) is 8. The minimum atomic E-state index is -1.27. The fourth-order valence-electron chi connectivity index (χ4n) is 4.38. The summed E-state index contributed by atoms with van der Waals surface area (Å²) in [6.45, 7) is 1.98. The number of esters is 1. The molecule has 0 unspecified atom stereocenters. The van der Waals surface area contributed by atoms with Gasteiger partial charge < -0.3 is 21.1 Å². The lowest BCUT2D eigenvalue weighted by Gasteiger charge is -2.22. The van der Waals surface area contributed by atoms with Crippen LogP contribution >= 0.6 is 12.4 Å². The zero-order valence-electron chi connectivity index (χ0n) is 21.5. The largest absolute Gasteiger partial charge is 0.442 e. The summed E-state index contributed by atoms with van der Waals surface area (Å²) >= 11 is 0. The molecule has 40 heavy (non-hydrogen) atoms. The van der Waals surface area contributed by atoms with Crippen LogP contribution in [0.4, 0.5) is 10.2 Å². The van der Waals surface area contributed by atoms with Crippen molar-refractivity contribution >= 4 is 30.1 Å². The van der Waals surface area contributed by atoms with Crippen LogP contribution in [0.2, 0.25) is 0 Å². The van der Waals surface area contributed by atoms with Gasteiger partial charge in [0.05, 0.1) is 24.1 Å². The number of nitrogens with two attached hydrogens (primary N) is 1. The number of benzene rings is 2. The smallest absolute Gasteiger partial charge is 0.361 e. The fraction of sp³-hybridized carbons (Fsp3) is 0.250. The van der Waals surface area contributed by atoms with Crippen molar-refractivity contribution in [1.82, 2.24) is 30.4 Å². The van der Waals surface area contributed by atoms with Gasteiger partial charge in [-0.3, -0.25) is 9.48 Å². The third kappa shape index (κ3) is 6.80. The Balaban J connectivity index is 0.00000370. The highest BCUT2D eigenvalue weighted by Gasteiger charge is 2.28. The summed E-state index contributed by atoms with van der Waals surface area (Å²) in [5, 5.41) is 10.5. The molecule has 0 saturated carbocycles. The number of halogens is 2. The first-order valence-corrected chi connectivity index (χ1v) is 12.6. The van der Waals surface area contributed by atoms with E-state index in [9.17, 15) is 14.0 Å². The lowest BCUT2D eigenvalue weighted by molar-refractivity contribution is -0.130. The van der Waals surface area contributed by atoms with Crippen molar-refractivity contribution < 1.29 is 18.7 Å². The predicted molar refractivity (Wildman–Crippen MR) is 149 cm³/mol. The maximum atomic E-state index is 13.2. The Morgan fingerprint density at radius 2 is 1.82 bits per heavy atom. The third-order valence-corrected chi connectivity index (χ3v) is 6.52. The molecule has 1 amide bonds. The van der Waals surface area contributed by atoms with Gasteiger partial charge in [0.25, 0.3) is 5.91 Å². The average Bonchev–Trinajstić information content (AvgIpc) is 3.47. The van der Waals surface area contributed by atoms with E-state index >= 15 is 0 Å². The van der Waals surface area contributed by atoms with Crippen LogP contribution in [0.5, 0.6) is 0 Å². The average molecular weight is 566 g/mol. The van der Waals surface area contributed by atoms with Crippen molar-refractivity contribution in [3.63, 3.8) is 0 Å². The second kappa shape index (κ2) is 13.1. The van der Waals surface area contributed by atoms with Gasteiger partial charge in [-0.25, -0.2) is 19.2 Å². The molecule has 2 aromatic heterocycles. The van der Waals surface area contributed by atoms with E-state index in [-0.39, 0.29) is 42.3 Å². The monoisotopic (exact) mass is 565 g/mol. The van der Waals surface area contributed by atoms with Gasteiger partial charge in [0, 0.05) is 23.9 Å². The SMILES string of the molecule is Cl.Nc1ncc(-c2cnn(C3CCNCC3)c2)nc1C(=O)O[C@@H](C(=O)NCc1ccc(F)cc1)c1ccccc1. The van der Waals surface area contributed by atoms with Crippen molar-refractivity contribution in [2.45, 2.75) is 31.5 Å². The van der Waals surface area contributed by atoms with E-state index in [0.717, 1.165) is 25.9 Å². The molecule has 1 aliphatic heterocycles. The van der Waals surface area contributed by atoms with Gasteiger partial charge in [-0.2, -0.15) is 5.10 Å². The Morgan fingerprint density at radius 1 is 1.10 bits per heavy atom. The molecule has 208 valence electrons. The third-order valence-electron chi connectivity index (χ3n) is 6.52. The molecule has 2 aromatic carbocycles. The summed E-state index contributed by atoms with van der Waals surface area (Å²) in [6.07, 6.45) is 5.69. The summed E-state index contributed by atoms with van der Waals surface area (Å²) in [5.41, 5.74) is 8.05. The van der Waals surface area contributed by atoms with E-state index in [1.54, 1.807) is 48.7 Å². The zero-order chi connectivity index (χ0) is 27.2. The number of amides is 1. The number of carbonyl (C=O) groups excluding carboxylic acids is 2. The Bertz CT molecular complexity index is 1440. The lowest BCUT2D eigenvalue weighted by Crippen LogP contribution is -2.32. The lowest BCUT2D eigenvalue weighted by atomic mass is 10.1. The number of piperidine rings is 1. The Kier molecular flexibility index (Phi) is 9.41. The molecule has 0 aliphatic carbocycles. The van der Waals surface area contributed by atoms with Crippen LogP contribution in [0.25, 0.3) is 11.3 Å². The van der Waals surface area contributed by atoms with Gasteiger partial charge in [-0.15, -0.1) is 12.4 Å². The van der Waals surface area contributed by atoms with E-state index < -0.39 is 18.0 Å². The van der Waals surface area contributed by atoms with E-state index in [4.69, 9.17) is 10.5 Å². The first-order valence-electron chi connectivity index (χ1n) is 12.6. The van der Waals surface area contributed by atoms with E-state index in [0.29, 0.717) is 22.4 Å². The van der Waals surface area contributed by atoms with Gasteiger partial charge >= 0.3 is 5.97 Å². The van der Waals surface area contributed by atoms with E-state index in [1.807, 2.05) is 10.9 Å². The van der Waals surface area contributed by atoms with Crippen LogP contribution in [0, 0.1) is 5.82 Å². The summed E-state index contributed by atoms with van der Waals surface area (Å²) in [6, 6.07) is 14.6. The van der Waals surface area contributed by atoms with Gasteiger partial charge in [0.1, 0.15) is 5.82 Å². The number of aromatic nitrogens is 4. The Morgan fingerprint density at radius 3 is 2.55 bits per heavy atom. The summed E-state index contributed by atoms with van der Waals surface area (Å²) in [7, 11) is 0. The molecular weight excluding hydrogens is 537 g/mol. The molecule has 1 aliphatic rings. The molecule has 0 radical (unpaired) electrons. The van der Waals surface area contributed by atoms with Crippen LogP contribution in [-0.4, -0.2) is 44.7 Å². The van der Waals surface area contributed by atoms with Crippen LogP contribution in [0.3, 0.4) is 0 Å². The van der Waals surface area contributed by atoms with Crippen LogP contribution < -0.4 is 16.4 Å². The van der Waals surface area contributed by atoms with E-state index in [2.05, 4.69) is 25.7 Å². The number of nitrogens with one attached hydrogen (secondary N) is 2. The standard InChI is InChI=1S/C28H28FN7O3.ClH/c29-21-8-6-18(7-9-21)14-33-27(37)25(19-4-2-1-3-5-19)39-28(38)24-26(30)32-16-23(35-24)20-15-34-36(17-20)22-10-12-31-13-11-22;/h1-9,15-17,22,25,31H,10-14H2,(H2,30,32)(H,33,37);1H/t25-;/m1./s1. The molecule has 4 N–H and O–H groups in total. The zero-order valence-corrected chi connectivity index (χ0v) is 22.3. The number of ether oxygens (including phenoxy) is 1. The van der Waals surface area contributed by atoms with Crippen molar-refractivity contribution in [1.29, 1.82) is 0 Å². The van der Waals surface area contributed by atoms with Gasteiger partial charge in [-0.05, 0) is 43.6 Å². The normalized spacial score (nSPS) is 14.1. The summed E-state index contributed by atoms with van der Waals surface area (Å²) in [5.74, 6) is -1.93.